The van der Waals surface area contributed by atoms with E-state index in [4.69, 9.17) is 10.5 Å². The van der Waals surface area contributed by atoms with Gasteiger partial charge in [-0.3, -0.25) is 0 Å². The van der Waals surface area contributed by atoms with Crippen LogP contribution in [0.2, 0.25) is 0 Å². The van der Waals surface area contributed by atoms with Crippen molar-refractivity contribution in [3.8, 4) is 5.75 Å². The third-order valence-corrected chi connectivity index (χ3v) is 2.45. The SMILES string of the molecule is Nc1cc(OC[C@H]2CCCN2)cnc1F. The molecular formula is C10H14FN3O. The van der Waals surface area contributed by atoms with Crippen molar-refractivity contribution in [1.29, 1.82) is 0 Å². The molecule has 1 aromatic heterocycles. The molecule has 0 aromatic carbocycles. The van der Waals surface area contributed by atoms with Crippen LogP contribution in [-0.2, 0) is 0 Å². The van der Waals surface area contributed by atoms with Gasteiger partial charge in [0.2, 0.25) is 5.95 Å². The molecule has 15 heavy (non-hydrogen) atoms. The third-order valence-electron chi connectivity index (χ3n) is 2.45. The Bertz CT molecular complexity index is 339. The van der Waals surface area contributed by atoms with Gasteiger partial charge < -0.3 is 15.8 Å². The third kappa shape index (κ3) is 2.56. The number of halogens is 1. The van der Waals surface area contributed by atoms with E-state index >= 15 is 0 Å². The summed E-state index contributed by atoms with van der Waals surface area (Å²) in [5.74, 6) is -0.135. The predicted molar refractivity (Wildman–Crippen MR) is 55.1 cm³/mol. The van der Waals surface area contributed by atoms with Crippen LogP contribution < -0.4 is 15.8 Å². The standard InChI is InChI=1S/C10H14FN3O/c11-10-9(12)4-8(5-14-10)15-6-7-2-1-3-13-7/h4-5,7,13H,1-3,6,12H2/t7-/m1/s1. The number of nitrogens with two attached hydrogens (primary N) is 1. The lowest BCUT2D eigenvalue weighted by molar-refractivity contribution is 0.276. The highest BCUT2D eigenvalue weighted by molar-refractivity contribution is 5.41. The van der Waals surface area contributed by atoms with Gasteiger partial charge >= 0.3 is 0 Å². The highest BCUT2D eigenvalue weighted by Gasteiger charge is 2.14. The topological polar surface area (TPSA) is 60.2 Å². The van der Waals surface area contributed by atoms with Crippen molar-refractivity contribution < 1.29 is 9.13 Å². The summed E-state index contributed by atoms with van der Waals surface area (Å²) < 4.78 is 18.2. The van der Waals surface area contributed by atoms with Crippen LogP contribution in [0.15, 0.2) is 12.3 Å². The van der Waals surface area contributed by atoms with Crippen LogP contribution in [0.25, 0.3) is 0 Å². The molecule has 5 heteroatoms. The van der Waals surface area contributed by atoms with E-state index in [1.807, 2.05) is 0 Å². The molecule has 1 aliphatic heterocycles. The maximum absolute atomic E-state index is 12.7. The molecular weight excluding hydrogens is 197 g/mol. The first-order valence-corrected chi connectivity index (χ1v) is 5.03. The Balaban J connectivity index is 1.90. The number of anilines is 1. The van der Waals surface area contributed by atoms with Crippen molar-refractivity contribution in [2.45, 2.75) is 18.9 Å². The van der Waals surface area contributed by atoms with Gasteiger partial charge in [0, 0.05) is 12.1 Å². The first-order valence-electron chi connectivity index (χ1n) is 5.03. The summed E-state index contributed by atoms with van der Waals surface area (Å²) in [5, 5.41) is 3.30. The molecule has 0 radical (unpaired) electrons. The molecule has 1 atom stereocenters. The van der Waals surface area contributed by atoms with Crippen LogP contribution in [0.1, 0.15) is 12.8 Å². The van der Waals surface area contributed by atoms with Crippen LogP contribution in [-0.4, -0.2) is 24.2 Å². The van der Waals surface area contributed by atoms with Crippen molar-refractivity contribution in [2.75, 3.05) is 18.9 Å². The summed E-state index contributed by atoms with van der Waals surface area (Å²) in [4.78, 5) is 3.49. The van der Waals surface area contributed by atoms with Crippen LogP contribution in [0, 0.1) is 5.95 Å². The first-order chi connectivity index (χ1) is 7.25. The second-order valence-electron chi connectivity index (χ2n) is 3.66. The van der Waals surface area contributed by atoms with Crippen LogP contribution in [0.3, 0.4) is 0 Å². The lowest BCUT2D eigenvalue weighted by Crippen LogP contribution is -2.28. The fourth-order valence-electron chi connectivity index (χ4n) is 1.62. The minimum atomic E-state index is -0.652. The Kier molecular flexibility index (Phi) is 3.01. The van der Waals surface area contributed by atoms with E-state index < -0.39 is 5.95 Å². The Labute approximate surface area is 87.6 Å². The lowest BCUT2D eigenvalue weighted by atomic mass is 10.2. The molecule has 0 unspecified atom stereocenters. The number of aromatic nitrogens is 1. The van der Waals surface area contributed by atoms with Gasteiger partial charge in [0.1, 0.15) is 12.4 Å². The summed E-state index contributed by atoms with van der Waals surface area (Å²) >= 11 is 0. The molecule has 0 aliphatic carbocycles. The lowest BCUT2D eigenvalue weighted by Gasteiger charge is -2.11. The van der Waals surface area contributed by atoms with Gasteiger partial charge in [0.25, 0.3) is 0 Å². The summed E-state index contributed by atoms with van der Waals surface area (Å²) in [5.41, 5.74) is 5.39. The zero-order valence-electron chi connectivity index (χ0n) is 8.37. The Morgan fingerprint density at radius 1 is 1.67 bits per heavy atom. The normalized spacial score (nSPS) is 20.5. The van der Waals surface area contributed by atoms with Gasteiger partial charge in [-0.25, -0.2) is 4.98 Å². The molecule has 2 rings (SSSR count). The molecule has 0 amide bonds. The van der Waals surface area contributed by atoms with Gasteiger partial charge in [0.15, 0.2) is 0 Å². The predicted octanol–water partition coefficient (Wildman–Crippen LogP) is 0.934. The van der Waals surface area contributed by atoms with Crippen LogP contribution in [0.4, 0.5) is 10.1 Å². The minimum absolute atomic E-state index is 0.0203. The van der Waals surface area contributed by atoms with Crippen molar-refractivity contribution in [1.82, 2.24) is 10.3 Å². The van der Waals surface area contributed by atoms with Gasteiger partial charge in [-0.1, -0.05) is 0 Å². The van der Waals surface area contributed by atoms with Gasteiger partial charge in [-0.15, -0.1) is 0 Å². The number of nitrogens with zero attached hydrogens (tertiary/aromatic N) is 1. The van der Waals surface area contributed by atoms with E-state index in [-0.39, 0.29) is 5.69 Å². The summed E-state index contributed by atoms with van der Waals surface area (Å²) in [6.07, 6.45) is 3.64. The first kappa shape index (κ1) is 10.2. The monoisotopic (exact) mass is 211 g/mol. The molecule has 1 saturated heterocycles. The Morgan fingerprint density at radius 2 is 2.53 bits per heavy atom. The van der Waals surface area contributed by atoms with Gasteiger partial charge in [-0.05, 0) is 19.4 Å². The van der Waals surface area contributed by atoms with E-state index in [1.54, 1.807) is 0 Å². The van der Waals surface area contributed by atoms with Crippen molar-refractivity contribution >= 4 is 5.69 Å². The van der Waals surface area contributed by atoms with Crippen LogP contribution >= 0.6 is 0 Å². The Hall–Kier alpha value is -1.36. The molecule has 0 saturated carbocycles. The quantitative estimate of drug-likeness (QED) is 0.730. The number of nitrogens with one attached hydrogen (secondary N) is 1. The van der Waals surface area contributed by atoms with E-state index in [9.17, 15) is 4.39 Å². The molecule has 4 nitrogen and oxygen atoms in total. The zero-order chi connectivity index (χ0) is 10.7. The minimum Gasteiger partial charge on any atom is -0.490 e. The molecule has 82 valence electrons. The average molecular weight is 211 g/mol. The molecule has 1 aliphatic rings. The fraction of sp³-hybridized carbons (Fsp3) is 0.500. The molecule has 2 heterocycles. The number of nitrogen functional groups attached to an aromatic ring is 1. The van der Waals surface area contributed by atoms with Gasteiger partial charge in [-0.2, -0.15) is 4.39 Å². The largest absolute Gasteiger partial charge is 0.490 e. The highest BCUT2D eigenvalue weighted by Crippen LogP contribution is 2.16. The van der Waals surface area contributed by atoms with E-state index in [2.05, 4.69) is 10.3 Å². The molecule has 0 bridgehead atoms. The van der Waals surface area contributed by atoms with Crippen molar-refractivity contribution in [3.05, 3.63) is 18.2 Å². The smallest absolute Gasteiger partial charge is 0.236 e. The number of ether oxygens (including phenoxy) is 1. The maximum atomic E-state index is 12.7. The fourth-order valence-corrected chi connectivity index (χ4v) is 1.62. The van der Waals surface area contributed by atoms with Crippen molar-refractivity contribution in [3.63, 3.8) is 0 Å². The van der Waals surface area contributed by atoms with Crippen molar-refractivity contribution in [2.24, 2.45) is 0 Å². The van der Waals surface area contributed by atoms with E-state index in [0.717, 1.165) is 13.0 Å². The molecule has 0 spiro atoms. The summed E-state index contributed by atoms with van der Waals surface area (Å²) in [7, 11) is 0. The number of pyridine rings is 1. The molecule has 3 N–H and O–H groups in total. The number of hydrogen-bond acceptors (Lipinski definition) is 4. The maximum Gasteiger partial charge on any atom is 0.236 e. The second-order valence-corrected chi connectivity index (χ2v) is 3.66. The van der Waals surface area contributed by atoms with Gasteiger partial charge in [0.05, 0.1) is 11.9 Å². The van der Waals surface area contributed by atoms with Crippen LogP contribution in [0.5, 0.6) is 5.75 Å². The summed E-state index contributed by atoms with van der Waals surface area (Å²) in [6, 6.07) is 1.84. The Morgan fingerprint density at radius 3 is 3.20 bits per heavy atom. The highest BCUT2D eigenvalue weighted by atomic mass is 19.1. The molecule has 1 fully saturated rings. The summed E-state index contributed by atoms with van der Waals surface area (Å²) in [6.45, 7) is 1.62. The number of hydrogen-bond donors (Lipinski definition) is 2. The second kappa shape index (κ2) is 4.44. The van der Waals surface area contributed by atoms with E-state index in [0.29, 0.717) is 18.4 Å². The average Bonchev–Trinajstić information content (AvgIpc) is 2.73. The zero-order valence-corrected chi connectivity index (χ0v) is 8.37. The molecule has 1 aromatic rings. The number of rotatable bonds is 3. The van der Waals surface area contributed by atoms with E-state index in [1.165, 1.54) is 18.7 Å².